The van der Waals surface area contributed by atoms with E-state index in [2.05, 4.69) is 9.82 Å². The average Bonchev–Trinajstić information content (AvgIpc) is 3.35. The lowest BCUT2D eigenvalue weighted by molar-refractivity contribution is 0.600. The molecule has 4 rings (SSSR count). The van der Waals surface area contributed by atoms with Crippen molar-refractivity contribution in [1.82, 2.24) is 9.78 Å². The van der Waals surface area contributed by atoms with Crippen LogP contribution in [0.4, 0.5) is 10.1 Å². The van der Waals surface area contributed by atoms with E-state index in [-0.39, 0.29) is 10.6 Å². The first kappa shape index (κ1) is 19.4. The second-order valence-corrected chi connectivity index (χ2v) is 9.17. The molecule has 4 aromatic rings. The Morgan fingerprint density at radius 2 is 1.90 bits per heavy atom. The van der Waals surface area contributed by atoms with Crippen LogP contribution in [0.5, 0.6) is 0 Å². The van der Waals surface area contributed by atoms with Gasteiger partial charge in [0.1, 0.15) is 16.4 Å². The number of aryl methyl sites for hydroxylation is 1. The van der Waals surface area contributed by atoms with Crippen LogP contribution in [0.3, 0.4) is 0 Å². The van der Waals surface area contributed by atoms with Gasteiger partial charge in [-0.05, 0) is 41.6 Å². The fourth-order valence-corrected chi connectivity index (χ4v) is 4.90. The Hall–Kier alpha value is -2.97. The maximum absolute atomic E-state index is 13.9. The molecule has 29 heavy (non-hydrogen) atoms. The van der Waals surface area contributed by atoms with Gasteiger partial charge in [-0.2, -0.15) is 5.10 Å². The predicted octanol–water partition coefficient (Wildman–Crippen LogP) is 4.91. The van der Waals surface area contributed by atoms with Crippen LogP contribution >= 0.6 is 11.3 Å². The Labute approximate surface area is 172 Å². The van der Waals surface area contributed by atoms with Gasteiger partial charge in [0.05, 0.1) is 17.1 Å². The van der Waals surface area contributed by atoms with Crippen molar-refractivity contribution in [1.29, 1.82) is 0 Å². The van der Waals surface area contributed by atoms with Gasteiger partial charge in [0.25, 0.3) is 10.0 Å². The number of nitrogens with one attached hydrogen (secondary N) is 1. The summed E-state index contributed by atoms with van der Waals surface area (Å²) in [4.78, 5) is 0.795. The van der Waals surface area contributed by atoms with Gasteiger partial charge in [0.2, 0.25) is 0 Å². The van der Waals surface area contributed by atoms with Crippen molar-refractivity contribution in [3.8, 4) is 10.6 Å². The van der Waals surface area contributed by atoms with E-state index in [9.17, 15) is 12.8 Å². The van der Waals surface area contributed by atoms with E-state index in [1.54, 1.807) is 11.6 Å². The van der Waals surface area contributed by atoms with Crippen molar-refractivity contribution < 1.29 is 12.8 Å². The van der Waals surface area contributed by atoms with Crippen molar-refractivity contribution >= 4 is 27.0 Å². The number of thiophene rings is 1. The number of halogens is 1. The van der Waals surface area contributed by atoms with Crippen molar-refractivity contribution in [3.63, 3.8) is 0 Å². The van der Waals surface area contributed by atoms with Crippen LogP contribution in [0.15, 0.2) is 77.1 Å². The maximum atomic E-state index is 13.9. The first-order valence-electron chi connectivity index (χ1n) is 8.86. The number of benzene rings is 2. The highest BCUT2D eigenvalue weighted by atomic mass is 32.2. The molecular formula is C21H18FN3O2S2. The number of sulfonamides is 1. The summed E-state index contributed by atoms with van der Waals surface area (Å²) in [6, 6.07) is 17.6. The molecule has 2 aromatic heterocycles. The highest BCUT2D eigenvalue weighted by Gasteiger charge is 2.25. The number of rotatable bonds is 6. The third-order valence-corrected chi connectivity index (χ3v) is 6.64. The first-order chi connectivity index (χ1) is 13.9. The molecule has 0 saturated heterocycles. The smallest absolute Gasteiger partial charge is 0.265 e. The number of aromatic nitrogens is 2. The van der Waals surface area contributed by atoms with Gasteiger partial charge in [-0.3, -0.25) is 9.40 Å². The lowest BCUT2D eigenvalue weighted by atomic mass is 10.2. The topological polar surface area (TPSA) is 64.0 Å². The molecular weight excluding hydrogens is 409 g/mol. The predicted molar refractivity (Wildman–Crippen MR) is 113 cm³/mol. The van der Waals surface area contributed by atoms with E-state index in [0.29, 0.717) is 17.8 Å². The Morgan fingerprint density at radius 1 is 1.10 bits per heavy atom. The van der Waals surface area contributed by atoms with E-state index < -0.39 is 15.8 Å². The summed E-state index contributed by atoms with van der Waals surface area (Å²) >= 11 is 1.41. The third kappa shape index (κ3) is 4.23. The zero-order valence-electron chi connectivity index (χ0n) is 15.5. The molecule has 5 nitrogen and oxygen atoms in total. The van der Waals surface area contributed by atoms with Crippen molar-refractivity contribution in [2.75, 3.05) is 4.72 Å². The van der Waals surface area contributed by atoms with Crippen molar-refractivity contribution in [2.24, 2.45) is 0 Å². The standard InChI is InChI=1S/C21H18FN3O2S2/c1-15-9-10-17(12-18(15)22)24-29(26,27)20-14-25(13-16-6-3-2-4-7-16)23-21(20)19-8-5-11-28-19/h2-12,14,24H,13H2,1H3. The highest BCUT2D eigenvalue weighted by Crippen LogP contribution is 2.31. The van der Waals surface area contributed by atoms with Gasteiger partial charge in [0, 0.05) is 6.20 Å². The van der Waals surface area contributed by atoms with Gasteiger partial charge >= 0.3 is 0 Å². The minimum Gasteiger partial charge on any atom is -0.279 e. The molecule has 148 valence electrons. The van der Waals surface area contributed by atoms with Crippen molar-refractivity contribution in [2.45, 2.75) is 18.4 Å². The lowest BCUT2D eigenvalue weighted by Crippen LogP contribution is -2.13. The summed E-state index contributed by atoms with van der Waals surface area (Å²) in [6.45, 7) is 2.06. The molecule has 0 unspecified atom stereocenters. The summed E-state index contributed by atoms with van der Waals surface area (Å²) in [5, 5.41) is 6.39. The molecule has 0 fully saturated rings. The van der Waals surface area contributed by atoms with Crippen LogP contribution in [-0.4, -0.2) is 18.2 Å². The molecule has 0 saturated carbocycles. The van der Waals surface area contributed by atoms with Crippen LogP contribution < -0.4 is 4.72 Å². The third-order valence-electron chi connectivity index (χ3n) is 4.38. The normalized spacial score (nSPS) is 11.5. The van der Waals surface area contributed by atoms with Crippen LogP contribution in [0.1, 0.15) is 11.1 Å². The van der Waals surface area contributed by atoms with E-state index >= 15 is 0 Å². The van der Waals surface area contributed by atoms with E-state index in [4.69, 9.17) is 0 Å². The Bertz CT molecular complexity index is 1230. The van der Waals surface area contributed by atoms with E-state index in [1.165, 1.54) is 35.7 Å². The minimum atomic E-state index is -3.96. The van der Waals surface area contributed by atoms with Gasteiger partial charge in [-0.25, -0.2) is 12.8 Å². The van der Waals surface area contributed by atoms with E-state index in [1.807, 2.05) is 47.8 Å². The van der Waals surface area contributed by atoms with Crippen LogP contribution in [0, 0.1) is 12.7 Å². The molecule has 0 bridgehead atoms. The number of hydrogen-bond acceptors (Lipinski definition) is 4. The summed E-state index contributed by atoms with van der Waals surface area (Å²) in [5.41, 5.74) is 1.99. The molecule has 0 spiro atoms. The Balaban J connectivity index is 1.73. The molecule has 0 aliphatic carbocycles. The number of hydrogen-bond donors (Lipinski definition) is 1. The number of anilines is 1. The molecule has 0 radical (unpaired) electrons. The fraction of sp³-hybridized carbons (Fsp3) is 0.0952. The summed E-state index contributed by atoms with van der Waals surface area (Å²) in [7, 11) is -3.96. The Kier molecular flexibility index (Phi) is 5.21. The van der Waals surface area contributed by atoms with E-state index in [0.717, 1.165) is 10.4 Å². The molecule has 0 amide bonds. The molecule has 2 aromatic carbocycles. The molecule has 8 heteroatoms. The SMILES string of the molecule is Cc1ccc(NS(=O)(=O)c2cn(Cc3ccccc3)nc2-c2cccs2)cc1F. The lowest BCUT2D eigenvalue weighted by Gasteiger charge is -2.08. The zero-order valence-corrected chi connectivity index (χ0v) is 17.2. The minimum absolute atomic E-state index is 0.0527. The second kappa shape index (κ2) is 7.81. The summed E-state index contributed by atoms with van der Waals surface area (Å²) in [5.74, 6) is -0.469. The zero-order chi connectivity index (χ0) is 20.4. The van der Waals surface area contributed by atoms with Gasteiger partial charge in [-0.15, -0.1) is 11.3 Å². The van der Waals surface area contributed by atoms with Crippen molar-refractivity contribution in [3.05, 3.63) is 89.2 Å². The molecule has 0 atom stereocenters. The fourth-order valence-electron chi connectivity index (χ4n) is 2.90. The molecule has 0 aliphatic rings. The Morgan fingerprint density at radius 3 is 2.59 bits per heavy atom. The largest absolute Gasteiger partial charge is 0.279 e. The van der Waals surface area contributed by atoms with Gasteiger partial charge in [-0.1, -0.05) is 42.5 Å². The number of nitrogens with zero attached hydrogens (tertiary/aromatic N) is 2. The molecule has 0 aliphatic heterocycles. The first-order valence-corrected chi connectivity index (χ1v) is 11.2. The average molecular weight is 428 g/mol. The maximum Gasteiger partial charge on any atom is 0.265 e. The monoisotopic (exact) mass is 427 g/mol. The van der Waals surface area contributed by atoms with Gasteiger partial charge in [0.15, 0.2) is 0 Å². The quantitative estimate of drug-likeness (QED) is 0.476. The molecule has 1 N–H and O–H groups in total. The second-order valence-electron chi connectivity index (χ2n) is 6.57. The van der Waals surface area contributed by atoms with Crippen LogP contribution in [0.25, 0.3) is 10.6 Å². The van der Waals surface area contributed by atoms with Crippen LogP contribution in [-0.2, 0) is 16.6 Å². The summed E-state index contributed by atoms with van der Waals surface area (Å²) in [6.07, 6.45) is 1.51. The molecule has 2 heterocycles. The van der Waals surface area contributed by atoms with Crippen LogP contribution in [0.2, 0.25) is 0 Å². The van der Waals surface area contributed by atoms with Gasteiger partial charge < -0.3 is 0 Å². The highest BCUT2D eigenvalue weighted by molar-refractivity contribution is 7.92. The summed E-state index contributed by atoms with van der Waals surface area (Å²) < 4.78 is 44.1.